The third-order valence-electron chi connectivity index (χ3n) is 2.58. The van der Waals surface area contributed by atoms with Crippen LogP contribution in [0.25, 0.3) is 0 Å². The summed E-state index contributed by atoms with van der Waals surface area (Å²) in [5.74, 6) is 4.43. The number of nitrogens with one attached hydrogen (secondary N) is 1. The number of furan rings is 1. The van der Waals surface area contributed by atoms with Crippen LogP contribution in [0.1, 0.15) is 51.1 Å². The lowest BCUT2D eigenvalue weighted by Crippen LogP contribution is -2.12. The molecule has 0 saturated carbocycles. The van der Waals surface area contributed by atoms with Gasteiger partial charge in [-0.2, -0.15) is 11.8 Å². The van der Waals surface area contributed by atoms with E-state index in [0.29, 0.717) is 0 Å². The van der Waals surface area contributed by atoms with Crippen molar-refractivity contribution in [3.63, 3.8) is 0 Å². The molecule has 0 aromatic carbocycles. The van der Waals surface area contributed by atoms with Crippen molar-refractivity contribution in [1.29, 1.82) is 0 Å². The molecule has 1 aromatic rings. The zero-order valence-electron chi connectivity index (χ0n) is 11.1. The lowest BCUT2D eigenvalue weighted by atomic mass is 10.3. The summed E-state index contributed by atoms with van der Waals surface area (Å²) in [7, 11) is 0. The topological polar surface area (TPSA) is 25.2 Å². The fourth-order valence-corrected chi connectivity index (χ4v) is 2.52. The maximum Gasteiger partial charge on any atom is 0.117 e. The molecule has 0 spiro atoms. The van der Waals surface area contributed by atoms with Crippen LogP contribution in [0, 0.1) is 0 Å². The molecule has 98 valence electrons. The predicted octanol–water partition coefficient (Wildman–Crippen LogP) is 4.20. The molecule has 0 unspecified atom stereocenters. The minimum Gasteiger partial charge on any atom is -0.464 e. The summed E-state index contributed by atoms with van der Waals surface area (Å²) in [6.45, 7) is 6.33. The highest BCUT2D eigenvalue weighted by Crippen LogP contribution is 2.16. The van der Waals surface area contributed by atoms with Crippen LogP contribution in [0.5, 0.6) is 0 Å². The van der Waals surface area contributed by atoms with E-state index in [1.165, 1.54) is 31.4 Å². The fourth-order valence-electron chi connectivity index (χ4n) is 1.61. The highest BCUT2D eigenvalue weighted by molar-refractivity contribution is 7.98. The molecule has 0 aliphatic heterocycles. The Morgan fingerprint density at radius 1 is 1.12 bits per heavy atom. The van der Waals surface area contributed by atoms with Crippen molar-refractivity contribution >= 4 is 11.8 Å². The van der Waals surface area contributed by atoms with Crippen LogP contribution in [0.2, 0.25) is 0 Å². The van der Waals surface area contributed by atoms with Gasteiger partial charge in [0.15, 0.2) is 0 Å². The fraction of sp³-hybridized carbons (Fsp3) is 0.714. The molecule has 0 aliphatic rings. The molecule has 17 heavy (non-hydrogen) atoms. The first-order valence-electron chi connectivity index (χ1n) is 6.72. The van der Waals surface area contributed by atoms with Crippen LogP contribution in [-0.4, -0.2) is 12.3 Å². The molecule has 1 aromatic heterocycles. The number of hydrogen-bond donors (Lipinski definition) is 1. The second kappa shape index (κ2) is 9.60. The van der Waals surface area contributed by atoms with Crippen LogP contribution in [0.3, 0.4) is 0 Å². The van der Waals surface area contributed by atoms with Gasteiger partial charge in [-0.25, -0.2) is 0 Å². The summed E-state index contributed by atoms with van der Waals surface area (Å²) in [5, 5.41) is 3.35. The van der Waals surface area contributed by atoms with Crippen molar-refractivity contribution in [1.82, 2.24) is 5.32 Å². The average molecular weight is 255 g/mol. The molecular formula is C14H25NOS. The second-order valence-corrected chi connectivity index (χ2v) is 5.41. The summed E-state index contributed by atoms with van der Waals surface area (Å²) in [5.41, 5.74) is 0. The first-order chi connectivity index (χ1) is 8.36. The maximum absolute atomic E-state index is 5.75. The van der Waals surface area contributed by atoms with Gasteiger partial charge in [-0.15, -0.1) is 0 Å². The van der Waals surface area contributed by atoms with E-state index in [1.54, 1.807) is 0 Å². The van der Waals surface area contributed by atoms with Crippen molar-refractivity contribution in [3.05, 3.63) is 23.7 Å². The van der Waals surface area contributed by atoms with Gasteiger partial charge in [0.05, 0.1) is 12.3 Å². The van der Waals surface area contributed by atoms with E-state index in [-0.39, 0.29) is 0 Å². The lowest BCUT2D eigenvalue weighted by Gasteiger charge is -2.00. The van der Waals surface area contributed by atoms with E-state index >= 15 is 0 Å². The molecular weight excluding hydrogens is 230 g/mol. The molecule has 0 amide bonds. The Bertz CT molecular complexity index is 286. The molecule has 0 aliphatic carbocycles. The van der Waals surface area contributed by atoms with Gasteiger partial charge in [-0.3, -0.25) is 0 Å². The van der Waals surface area contributed by atoms with Gasteiger partial charge in [-0.1, -0.05) is 26.7 Å². The van der Waals surface area contributed by atoms with Gasteiger partial charge in [0.1, 0.15) is 11.5 Å². The first kappa shape index (κ1) is 14.7. The number of hydrogen-bond acceptors (Lipinski definition) is 3. The zero-order valence-corrected chi connectivity index (χ0v) is 11.9. The molecule has 1 heterocycles. The summed E-state index contributed by atoms with van der Waals surface area (Å²) >= 11 is 1.97. The highest BCUT2D eigenvalue weighted by atomic mass is 32.2. The van der Waals surface area contributed by atoms with E-state index in [2.05, 4.69) is 31.3 Å². The van der Waals surface area contributed by atoms with Crippen LogP contribution in [0.15, 0.2) is 16.5 Å². The Labute approximate surface area is 110 Å². The van der Waals surface area contributed by atoms with Crippen molar-refractivity contribution in [2.24, 2.45) is 0 Å². The summed E-state index contributed by atoms with van der Waals surface area (Å²) in [6, 6.07) is 4.19. The zero-order chi connectivity index (χ0) is 12.3. The average Bonchev–Trinajstić information content (AvgIpc) is 2.77. The maximum atomic E-state index is 5.75. The molecule has 0 atom stereocenters. The SMILES string of the molecule is CCCCCSCc1ccc(CNCCC)o1. The van der Waals surface area contributed by atoms with Gasteiger partial charge >= 0.3 is 0 Å². The van der Waals surface area contributed by atoms with Crippen molar-refractivity contribution in [3.8, 4) is 0 Å². The van der Waals surface area contributed by atoms with E-state index in [9.17, 15) is 0 Å². The number of rotatable bonds is 10. The molecule has 0 saturated heterocycles. The monoisotopic (exact) mass is 255 g/mol. The normalized spacial score (nSPS) is 10.9. The van der Waals surface area contributed by atoms with Gasteiger partial charge < -0.3 is 9.73 Å². The Balaban J connectivity index is 2.12. The van der Waals surface area contributed by atoms with Crippen molar-refractivity contribution in [2.45, 2.75) is 51.8 Å². The first-order valence-corrected chi connectivity index (χ1v) is 7.88. The minimum atomic E-state index is 0.855. The van der Waals surface area contributed by atoms with Gasteiger partial charge in [-0.05, 0) is 37.3 Å². The van der Waals surface area contributed by atoms with Gasteiger partial charge in [0.25, 0.3) is 0 Å². The van der Waals surface area contributed by atoms with Gasteiger partial charge in [0, 0.05) is 0 Å². The van der Waals surface area contributed by atoms with Crippen LogP contribution >= 0.6 is 11.8 Å². The molecule has 2 nitrogen and oxygen atoms in total. The predicted molar refractivity (Wildman–Crippen MR) is 76.4 cm³/mol. The molecule has 0 bridgehead atoms. The Morgan fingerprint density at radius 3 is 2.71 bits per heavy atom. The van der Waals surface area contributed by atoms with E-state index in [0.717, 1.165) is 30.4 Å². The molecule has 0 radical (unpaired) electrons. The molecule has 1 N–H and O–H groups in total. The smallest absolute Gasteiger partial charge is 0.117 e. The summed E-state index contributed by atoms with van der Waals surface area (Å²) in [6.07, 6.45) is 5.14. The Morgan fingerprint density at radius 2 is 1.94 bits per heavy atom. The van der Waals surface area contributed by atoms with E-state index in [4.69, 9.17) is 4.42 Å². The largest absolute Gasteiger partial charge is 0.464 e. The van der Waals surface area contributed by atoms with Gasteiger partial charge in [0.2, 0.25) is 0 Å². The summed E-state index contributed by atoms with van der Waals surface area (Å²) < 4.78 is 5.75. The molecule has 0 fully saturated rings. The quantitative estimate of drug-likeness (QED) is 0.634. The highest BCUT2D eigenvalue weighted by Gasteiger charge is 2.01. The van der Waals surface area contributed by atoms with Crippen molar-refractivity contribution in [2.75, 3.05) is 12.3 Å². The van der Waals surface area contributed by atoms with Crippen LogP contribution in [-0.2, 0) is 12.3 Å². The Kier molecular flexibility index (Phi) is 8.28. The lowest BCUT2D eigenvalue weighted by molar-refractivity contribution is 0.459. The van der Waals surface area contributed by atoms with Crippen LogP contribution < -0.4 is 5.32 Å². The third-order valence-corrected chi connectivity index (χ3v) is 3.65. The third kappa shape index (κ3) is 6.79. The second-order valence-electron chi connectivity index (χ2n) is 4.30. The van der Waals surface area contributed by atoms with E-state index < -0.39 is 0 Å². The summed E-state index contributed by atoms with van der Waals surface area (Å²) in [4.78, 5) is 0. The molecule has 1 rings (SSSR count). The number of thioether (sulfide) groups is 1. The molecule has 3 heteroatoms. The Hall–Kier alpha value is -0.410. The van der Waals surface area contributed by atoms with Crippen LogP contribution in [0.4, 0.5) is 0 Å². The van der Waals surface area contributed by atoms with Crippen molar-refractivity contribution < 1.29 is 4.42 Å². The van der Waals surface area contributed by atoms with E-state index in [1.807, 2.05) is 11.8 Å². The standard InChI is InChI=1S/C14H25NOS/c1-3-5-6-10-17-12-14-8-7-13(16-14)11-15-9-4-2/h7-8,15H,3-6,9-12H2,1-2H3. The number of unbranched alkanes of at least 4 members (excludes halogenated alkanes) is 2. The minimum absolute atomic E-state index is 0.855.